The van der Waals surface area contributed by atoms with E-state index in [9.17, 15) is 5.11 Å². The van der Waals surface area contributed by atoms with Crippen molar-refractivity contribution in [1.82, 2.24) is 29.4 Å². The highest BCUT2D eigenvalue weighted by molar-refractivity contribution is 5.90. The molecule has 0 aliphatic carbocycles. The number of rotatable bonds is 4. The number of benzene rings is 2. The molecule has 0 fully saturated rings. The monoisotopic (exact) mass is 402 g/mol. The number of aryl methyl sites for hydroxylation is 1. The van der Waals surface area contributed by atoms with Crippen molar-refractivity contribution in [2.45, 2.75) is 6.92 Å². The Morgan fingerprint density at radius 3 is 2.47 bits per heavy atom. The van der Waals surface area contributed by atoms with Crippen LogP contribution < -0.4 is 9.47 Å². The van der Waals surface area contributed by atoms with Crippen molar-refractivity contribution in [1.29, 1.82) is 0 Å². The molecule has 5 rings (SSSR count). The molecule has 0 unspecified atom stereocenters. The van der Waals surface area contributed by atoms with Crippen molar-refractivity contribution < 1.29 is 14.6 Å². The van der Waals surface area contributed by atoms with Gasteiger partial charge in [0.25, 0.3) is 0 Å². The molecule has 150 valence electrons. The van der Waals surface area contributed by atoms with Gasteiger partial charge >= 0.3 is 0 Å². The summed E-state index contributed by atoms with van der Waals surface area (Å²) in [4.78, 5) is 9.22. The average Bonchev–Trinajstić information content (AvgIpc) is 3.38. The molecule has 9 nitrogen and oxygen atoms in total. The summed E-state index contributed by atoms with van der Waals surface area (Å²) in [5.41, 5.74) is 4.02. The third-order valence-electron chi connectivity index (χ3n) is 4.89. The van der Waals surface area contributed by atoms with Crippen molar-refractivity contribution in [2.75, 3.05) is 14.2 Å². The maximum absolute atomic E-state index is 10.2. The van der Waals surface area contributed by atoms with Gasteiger partial charge in [0.2, 0.25) is 5.75 Å². The van der Waals surface area contributed by atoms with Gasteiger partial charge in [-0.1, -0.05) is 12.1 Å². The smallest absolute Gasteiger partial charge is 0.200 e. The zero-order valence-corrected chi connectivity index (χ0v) is 16.6. The number of aromatic nitrogens is 6. The van der Waals surface area contributed by atoms with E-state index in [1.807, 2.05) is 31.2 Å². The number of hydrogen-bond acceptors (Lipinski definition) is 7. The summed E-state index contributed by atoms with van der Waals surface area (Å²) < 4.78 is 13.9. The van der Waals surface area contributed by atoms with Crippen molar-refractivity contribution in [3.8, 4) is 34.3 Å². The van der Waals surface area contributed by atoms with E-state index in [0.29, 0.717) is 22.7 Å². The summed E-state index contributed by atoms with van der Waals surface area (Å²) in [6, 6.07) is 11.4. The van der Waals surface area contributed by atoms with Crippen molar-refractivity contribution in [3.05, 3.63) is 54.5 Å². The normalized spacial score (nSPS) is 11.3. The fourth-order valence-electron chi connectivity index (χ4n) is 3.41. The molecule has 0 bridgehead atoms. The van der Waals surface area contributed by atoms with Gasteiger partial charge in [0.05, 0.1) is 31.5 Å². The van der Waals surface area contributed by atoms with Crippen LogP contribution in [0.5, 0.6) is 17.2 Å². The molecule has 5 aromatic rings. The highest BCUT2D eigenvalue weighted by Crippen LogP contribution is 2.39. The van der Waals surface area contributed by atoms with Crippen LogP contribution in [-0.2, 0) is 0 Å². The van der Waals surface area contributed by atoms with E-state index in [-0.39, 0.29) is 17.2 Å². The molecule has 0 amide bonds. The van der Waals surface area contributed by atoms with Gasteiger partial charge in [-0.3, -0.25) is 0 Å². The highest BCUT2D eigenvalue weighted by Gasteiger charge is 2.18. The third kappa shape index (κ3) is 2.71. The maximum Gasteiger partial charge on any atom is 0.200 e. The van der Waals surface area contributed by atoms with E-state index < -0.39 is 0 Å². The van der Waals surface area contributed by atoms with Crippen LogP contribution in [0.1, 0.15) is 5.56 Å². The molecule has 30 heavy (non-hydrogen) atoms. The van der Waals surface area contributed by atoms with Gasteiger partial charge in [0, 0.05) is 5.56 Å². The number of ether oxygens (including phenoxy) is 2. The number of phenols is 1. The summed E-state index contributed by atoms with van der Waals surface area (Å²) in [5, 5.41) is 20.0. The van der Waals surface area contributed by atoms with Crippen LogP contribution in [0.15, 0.2) is 48.9 Å². The lowest BCUT2D eigenvalue weighted by Gasteiger charge is -2.09. The predicted molar refractivity (Wildman–Crippen MR) is 110 cm³/mol. The Morgan fingerprint density at radius 2 is 1.77 bits per heavy atom. The zero-order valence-electron chi connectivity index (χ0n) is 16.6. The largest absolute Gasteiger partial charge is 0.502 e. The Balaban J connectivity index is 1.68. The summed E-state index contributed by atoms with van der Waals surface area (Å²) >= 11 is 0. The Kier molecular flexibility index (Phi) is 4.02. The van der Waals surface area contributed by atoms with Gasteiger partial charge in [-0.2, -0.15) is 5.10 Å². The fourth-order valence-corrected chi connectivity index (χ4v) is 3.41. The number of aromatic hydroxyl groups is 1. The number of phenolic OH excluding ortho intramolecular Hbond substituents is 1. The number of hydrogen-bond donors (Lipinski definition) is 1. The van der Waals surface area contributed by atoms with Crippen LogP contribution in [0, 0.1) is 6.92 Å². The lowest BCUT2D eigenvalue weighted by molar-refractivity contribution is 0.340. The van der Waals surface area contributed by atoms with Gasteiger partial charge in [-0.05, 0) is 36.8 Å². The summed E-state index contributed by atoms with van der Waals surface area (Å²) in [7, 11) is 2.95. The Labute approximate surface area is 171 Å². The van der Waals surface area contributed by atoms with Crippen LogP contribution in [0.4, 0.5) is 0 Å². The average molecular weight is 402 g/mol. The molecule has 0 saturated heterocycles. The van der Waals surface area contributed by atoms with Gasteiger partial charge in [-0.25, -0.2) is 19.2 Å². The molecular weight excluding hydrogens is 384 g/mol. The summed E-state index contributed by atoms with van der Waals surface area (Å²) in [6.45, 7) is 2.03. The van der Waals surface area contributed by atoms with E-state index in [1.165, 1.54) is 14.2 Å². The third-order valence-corrected chi connectivity index (χ3v) is 4.89. The highest BCUT2D eigenvalue weighted by atomic mass is 16.5. The van der Waals surface area contributed by atoms with Crippen LogP contribution in [0.2, 0.25) is 0 Å². The summed E-state index contributed by atoms with van der Waals surface area (Å²) in [5.74, 6) is 0.928. The molecule has 9 heteroatoms. The predicted octanol–water partition coefficient (Wildman–Crippen LogP) is 3.16. The molecule has 0 atom stereocenters. The minimum atomic E-state index is -0.0731. The number of nitrogens with zero attached hydrogens (tertiary/aromatic N) is 6. The second-order valence-corrected chi connectivity index (χ2v) is 6.81. The molecule has 0 aliphatic rings. The SMILES string of the molecule is COc1cc(-c2nc3c4cnn(-c5cccc(C)c5)c4ncn3n2)cc(OC)c1O. The number of methoxy groups -OCH3 is 2. The first kappa shape index (κ1) is 17.9. The quantitative estimate of drug-likeness (QED) is 0.493. The van der Waals surface area contributed by atoms with Gasteiger partial charge in [0.15, 0.2) is 28.6 Å². The standard InChI is InChI=1S/C21H18N6O3/c1-12-5-4-6-14(7-12)27-20-15(10-23-27)21-24-19(25-26(21)11-22-20)13-8-16(29-2)18(28)17(9-13)30-3/h4-11,28H,1-3H3. The first-order valence-corrected chi connectivity index (χ1v) is 9.20. The molecule has 0 saturated carbocycles. The topological polar surface area (TPSA) is 99.6 Å². The van der Waals surface area contributed by atoms with Gasteiger partial charge < -0.3 is 14.6 Å². The Bertz CT molecular complexity index is 1380. The van der Waals surface area contributed by atoms with Crippen molar-refractivity contribution in [3.63, 3.8) is 0 Å². The van der Waals surface area contributed by atoms with Crippen molar-refractivity contribution >= 4 is 16.7 Å². The maximum atomic E-state index is 10.2. The van der Waals surface area contributed by atoms with E-state index in [0.717, 1.165) is 16.6 Å². The number of fused-ring (bicyclic) bond motifs is 3. The minimum Gasteiger partial charge on any atom is -0.502 e. The van der Waals surface area contributed by atoms with Gasteiger partial charge in [-0.15, -0.1) is 5.10 Å². The first-order chi connectivity index (χ1) is 14.6. The van der Waals surface area contributed by atoms with E-state index in [4.69, 9.17) is 9.47 Å². The molecule has 3 aromatic heterocycles. The second kappa shape index (κ2) is 6.73. The van der Waals surface area contributed by atoms with E-state index in [2.05, 4.69) is 20.2 Å². The Morgan fingerprint density at radius 1 is 1.00 bits per heavy atom. The second-order valence-electron chi connectivity index (χ2n) is 6.81. The lowest BCUT2D eigenvalue weighted by atomic mass is 10.1. The van der Waals surface area contributed by atoms with E-state index in [1.54, 1.807) is 33.9 Å². The molecule has 0 aliphatic heterocycles. The lowest BCUT2D eigenvalue weighted by Crippen LogP contribution is -1.99. The zero-order chi connectivity index (χ0) is 20.8. The molecule has 2 aromatic carbocycles. The molecular formula is C21H18N6O3. The molecule has 1 N–H and O–H groups in total. The van der Waals surface area contributed by atoms with Crippen LogP contribution in [0.25, 0.3) is 33.8 Å². The summed E-state index contributed by atoms with van der Waals surface area (Å²) in [6.07, 6.45) is 3.34. The first-order valence-electron chi connectivity index (χ1n) is 9.20. The molecule has 0 spiro atoms. The van der Waals surface area contributed by atoms with Crippen LogP contribution >= 0.6 is 0 Å². The van der Waals surface area contributed by atoms with E-state index >= 15 is 0 Å². The molecule has 0 radical (unpaired) electrons. The van der Waals surface area contributed by atoms with Crippen LogP contribution in [0.3, 0.4) is 0 Å². The minimum absolute atomic E-state index is 0.0731. The Hall–Kier alpha value is -4.14. The van der Waals surface area contributed by atoms with Crippen LogP contribution in [-0.4, -0.2) is 48.7 Å². The van der Waals surface area contributed by atoms with Gasteiger partial charge in [0.1, 0.15) is 6.33 Å². The fraction of sp³-hybridized carbons (Fsp3) is 0.143. The molecule has 3 heterocycles. The van der Waals surface area contributed by atoms with Crippen molar-refractivity contribution in [2.24, 2.45) is 0 Å².